The van der Waals surface area contributed by atoms with Gasteiger partial charge in [0.05, 0.1) is 22.9 Å². The lowest BCUT2D eigenvalue weighted by molar-refractivity contribution is -0.384. The third-order valence-corrected chi connectivity index (χ3v) is 4.31. The van der Waals surface area contributed by atoms with Crippen molar-refractivity contribution in [1.82, 2.24) is 4.98 Å². The van der Waals surface area contributed by atoms with E-state index in [9.17, 15) is 19.3 Å². The number of rotatable bonds is 8. The van der Waals surface area contributed by atoms with Gasteiger partial charge in [-0.05, 0) is 48.5 Å². The fourth-order valence-corrected chi connectivity index (χ4v) is 2.82. The van der Waals surface area contributed by atoms with Crippen LogP contribution >= 0.6 is 0 Å². The van der Waals surface area contributed by atoms with Crippen LogP contribution in [0.1, 0.15) is 16.3 Å². The number of nitrogens with one attached hydrogen (secondary N) is 1. The lowest BCUT2D eigenvalue weighted by Crippen LogP contribution is -2.11. The van der Waals surface area contributed by atoms with Gasteiger partial charge in [-0.15, -0.1) is 0 Å². The molecule has 0 spiro atoms. The molecular formula is C23H16FN3O6. The molecular weight excluding hydrogens is 433 g/mol. The van der Waals surface area contributed by atoms with Gasteiger partial charge in [0.25, 0.3) is 11.6 Å². The van der Waals surface area contributed by atoms with Crippen LogP contribution in [0.25, 0.3) is 0 Å². The second kappa shape index (κ2) is 9.60. The van der Waals surface area contributed by atoms with Crippen LogP contribution < -0.4 is 14.8 Å². The zero-order valence-electron chi connectivity index (χ0n) is 16.9. The van der Waals surface area contributed by atoms with Gasteiger partial charge in [0.15, 0.2) is 5.76 Å². The van der Waals surface area contributed by atoms with Gasteiger partial charge in [-0.1, -0.05) is 0 Å². The zero-order valence-corrected chi connectivity index (χ0v) is 16.9. The summed E-state index contributed by atoms with van der Waals surface area (Å²) in [5.41, 5.74) is -0.117. The average molecular weight is 449 g/mol. The number of carbonyl (C=O) groups excluding carboxylic acids is 1. The van der Waals surface area contributed by atoms with Crippen molar-refractivity contribution in [2.24, 2.45) is 0 Å². The van der Waals surface area contributed by atoms with Crippen LogP contribution in [0.2, 0.25) is 0 Å². The van der Waals surface area contributed by atoms with Crippen LogP contribution in [0, 0.1) is 15.9 Å². The van der Waals surface area contributed by atoms with Gasteiger partial charge in [0, 0.05) is 18.3 Å². The van der Waals surface area contributed by atoms with Crippen LogP contribution in [0.4, 0.5) is 15.8 Å². The third kappa shape index (κ3) is 5.70. The summed E-state index contributed by atoms with van der Waals surface area (Å²) < 4.78 is 29.5. The van der Waals surface area contributed by atoms with Gasteiger partial charge < -0.3 is 19.2 Å². The zero-order chi connectivity index (χ0) is 23.2. The number of furan rings is 1. The van der Waals surface area contributed by atoms with Crippen molar-refractivity contribution in [2.75, 3.05) is 5.32 Å². The molecule has 0 aliphatic carbocycles. The number of amides is 1. The summed E-state index contributed by atoms with van der Waals surface area (Å²) in [5.74, 6) is 0.326. The Morgan fingerprint density at radius 2 is 1.88 bits per heavy atom. The number of ether oxygens (including phenoxy) is 2. The topological polar surface area (TPSA) is 117 Å². The Labute approximate surface area is 186 Å². The Kier molecular flexibility index (Phi) is 6.26. The van der Waals surface area contributed by atoms with Crippen LogP contribution in [-0.2, 0) is 6.61 Å². The van der Waals surface area contributed by atoms with E-state index in [-0.39, 0.29) is 35.3 Å². The molecule has 2 aromatic carbocycles. The average Bonchev–Trinajstić information content (AvgIpc) is 3.28. The van der Waals surface area contributed by atoms with E-state index >= 15 is 0 Å². The molecule has 4 aromatic rings. The Morgan fingerprint density at radius 3 is 2.61 bits per heavy atom. The lowest BCUT2D eigenvalue weighted by Gasteiger charge is -2.08. The molecule has 0 atom stereocenters. The first-order valence-electron chi connectivity index (χ1n) is 9.62. The molecule has 1 N–H and O–H groups in total. The second-order valence-corrected chi connectivity index (χ2v) is 6.73. The summed E-state index contributed by atoms with van der Waals surface area (Å²) >= 11 is 0. The van der Waals surface area contributed by atoms with Crippen molar-refractivity contribution in [3.63, 3.8) is 0 Å². The van der Waals surface area contributed by atoms with E-state index in [4.69, 9.17) is 13.9 Å². The van der Waals surface area contributed by atoms with Crippen LogP contribution in [0.3, 0.4) is 0 Å². The van der Waals surface area contributed by atoms with Gasteiger partial charge in [-0.3, -0.25) is 19.9 Å². The Morgan fingerprint density at radius 1 is 1.06 bits per heavy atom. The van der Waals surface area contributed by atoms with Gasteiger partial charge in [-0.25, -0.2) is 4.39 Å². The number of halogens is 1. The molecule has 166 valence electrons. The van der Waals surface area contributed by atoms with Crippen molar-refractivity contribution in [3.8, 4) is 17.2 Å². The number of aromatic nitrogens is 1. The van der Waals surface area contributed by atoms with E-state index in [1.54, 1.807) is 24.4 Å². The number of non-ortho nitro benzene ring substituents is 1. The fraction of sp³-hybridized carbons (Fsp3) is 0.0435. The number of pyridine rings is 1. The largest absolute Gasteiger partial charge is 0.486 e. The molecule has 0 fully saturated rings. The van der Waals surface area contributed by atoms with E-state index < -0.39 is 10.8 Å². The third-order valence-electron chi connectivity index (χ3n) is 4.31. The number of nitrogens with zero attached hydrogens (tertiary/aromatic N) is 2. The normalized spacial score (nSPS) is 10.5. The van der Waals surface area contributed by atoms with E-state index in [1.165, 1.54) is 54.7 Å². The molecule has 0 radical (unpaired) electrons. The maximum Gasteiger partial charge on any atom is 0.291 e. The predicted molar refractivity (Wildman–Crippen MR) is 115 cm³/mol. The molecule has 0 aliphatic heterocycles. The molecule has 0 aliphatic rings. The Hall–Kier alpha value is -4.73. The lowest BCUT2D eigenvalue weighted by atomic mass is 10.2. The highest BCUT2D eigenvalue weighted by atomic mass is 19.1. The number of anilines is 1. The molecule has 2 heterocycles. The highest BCUT2D eigenvalue weighted by Gasteiger charge is 2.16. The fourth-order valence-electron chi connectivity index (χ4n) is 2.82. The molecule has 10 heteroatoms. The minimum Gasteiger partial charge on any atom is -0.486 e. The minimum absolute atomic E-state index is 0.0195. The van der Waals surface area contributed by atoms with E-state index in [0.29, 0.717) is 17.3 Å². The SMILES string of the molecule is O=C(Nc1cc(Oc2cccnc2)cc([N+](=O)[O-])c1)c1ccc(COc2ccc(F)cc2)o1. The van der Waals surface area contributed by atoms with E-state index in [1.807, 2.05) is 0 Å². The van der Waals surface area contributed by atoms with Crippen molar-refractivity contribution < 1.29 is 28.0 Å². The van der Waals surface area contributed by atoms with E-state index in [2.05, 4.69) is 10.3 Å². The van der Waals surface area contributed by atoms with E-state index in [0.717, 1.165) is 0 Å². The van der Waals surface area contributed by atoms with Gasteiger partial charge in [-0.2, -0.15) is 0 Å². The van der Waals surface area contributed by atoms with Crippen LogP contribution in [0.15, 0.2) is 83.5 Å². The molecule has 0 saturated heterocycles. The molecule has 1 amide bonds. The molecule has 9 nitrogen and oxygen atoms in total. The Bertz CT molecular complexity index is 1280. The molecule has 33 heavy (non-hydrogen) atoms. The number of carbonyl (C=O) groups is 1. The molecule has 0 bridgehead atoms. The summed E-state index contributed by atoms with van der Waals surface area (Å²) in [6.07, 6.45) is 3.02. The minimum atomic E-state index is -0.615. The van der Waals surface area contributed by atoms with Crippen molar-refractivity contribution >= 4 is 17.3 Å². The Balaban J connectivity index is 1.45. The number of benzene rings is 2. The molecule has 0 saturated carbocycles. The highest BCUT2D eigenvalue weighted by Crippen LogP contribution is 2.30. The van der Waals surface area contributed by atoms with Crippen molar-refractivity contribution in [2.45, 2.75) is 6.61 Å². The first-order chi connectivity index (χ1) is 16.0. The molecule has 4 rings (SSSR count). The first kappa shape index (κ1) is 21.5. The summed E-state index contributed by atoms with van der Waals surface area (Å²) in [6, 6.07) is 15.7. The van der Waals surface area contributed by atoms with Crippen LogP contribution in [0.5, 0.6) is 17.2 Å². The number of hydrogen-bond acceptors (Lipinski definition) is 7. The summed E-state index contributed by atoms with van der Waals surface area (Å²) in [5, 5.41) is 13.9. The van der Waals surface area contributed by atoms with Gasteiger partial charge in [0.1, 0.15) is 35.4 Å². The van der Waals surface area contributed by atoms with Crippen molar-refractivity contribution in [3.05, 3.63) is 107 Å². The monoisotopic (exact) mass is 449 g/mol. The maximum atomic E-state index is 13.0. The number of nitro groups is 1. The summed E-state index contributed by atoms with van der Waals surface area (Å²) in [6.45, 7) is 0.0266. The van der Waals surface area contributed by atoms with Gasteiger partial charge >= 0.3 is 0 Å². The van der Waals surface area contributed by atoms with Crippen LogP contribution in [-0.4, -0.2) is 15.8 Å². The summed E-state index contributed by atoms with van der Waals surface area (Å²) in [4.78, 5) is 27.2. The van der Waals surface area contributed by atoms with Crippen molar-refractivity contribution in [1.29, 1.82) is 0 Å². The predicted octanol–water partition coefficient (Wildman–Crippen LogP) is 5.35. The maximum absolute atomic E-state index is 13.0. The quantitative estimate of drug-likeness (QED) is 0.285. The van der Waals surface area contributed by atoms with Gasteiger partial charge in [0.2, 0.25) is 0 Å². The molecule has 2 aromatic heterocycles. The highest BCUT2D eigenvalue weighted by molar-refractivity contribution is 6.02. The standard InChI is InChI=1S/C23H16FN3O6/c24-15-3-5-18(6-4-15)31-14-20-7-8-22(33-20)23(28)26-16-10-17(27(29)30)12-21(11-16)32-19-2-1-9-25-13-19/h1-13H,14H2,(H,26,28). The number of nitro benzene ring substituents is 1. The smallest absolute Gasteiger partial charge is 0.291 e. The summed E-state index contributed by atoms with van der Waals surface area (Å²) in [7, 11) is 0. The second-order valence-electron chi connectivity index (χ2n) is 6.73. The number of hydrogen-bond donors (Lipinski definition) is 1. The molecule has 0 unspecified atom stereocenters. The first-order valence-corrected chi connectivity index (χ1v) is 9.62.